The quantitative estimate of drug-likeness (QED) is 0.776. The largest absolute Gasteiger partial charge is 0.339 e. The molecule has 0 spiro atoms. The summed E-state index contributed by atoms with van der Waals surface area (Å²) >= 11 is 3.34. The summed E-state index contributed by atoms with van der Waals surface area (Å²) in [7, 11) is 1.67. The minimum Gasteiger partial charge on any atom is -0.339 e. The highest BCUT2D eigenvalue weighted by Crippen LogP contribution is 2.04. The molecule has 17 heavy (non-hydrogen) atoms. The Morgan fingerprint density at radius 1 is 1.53 bits per heavy atom. The fourth-order valence-corrected chi connectivity index (χ4v) is 1.77. The lowest BCUT2D eigenvalue weighted by atomic mass is 10.2. The summed E-state index contributed by atoms with van der Waals surface area (Å²) in [6, 6.07) is 3.07. The smallest absolute Gasteiger partial charge is 0.254 e. The van der Waals surface area contributed by atoms with E-state index in [0.29, 0.717) is 18.7 Å². The van der Waals surface area contributed by atoms with Gasteiger partial charge >= 0.3 is 0 Å². The number of carbonyl (C=O) groups is 1. The zero-order valence-electron chi connectivity index (χ0n) is 10.1. The summed E-state index contributed by atoms with van der Waals surface area (Å²) in [5, 5.41) is 0.868. The average molecular weight is 301 g/mol. The molecular formula is C12H17BrN2O2. The zero-order chi connectivity index (χ0) is 12.8. The lowest BCUT2D eigenvalue weighted by Crippen LogP contribution is -2.33. The van der Waals surface area contributed by atoms with E-state index in [1.54, 1.807) is 24.2 Å². The molecule has 0 aliphatic carbocycles. The number of halogens is 1. The first-order valence-electron chi connectivity index (χ1n) is 5.62. The monoisotopic (exact) mass is 300 g/mol. The van der Waals surface area contributed by atoms with Crippen molar-refractivity contribution in [2.45, 2.75) is 13.3 Å². The van der Waals surface area contributed by atoms with Gasteiger partial charge in [-0.15, -0.1) is 0 Å². The Morgan fingerprint density at radius 3 is 2.76 bits per heavy atom. The van der Waals surface area contributed by atoms with E-state index in [1.165, 1.54) is 10.6 Å². The summed E-state index contributed by atoms with van der Waals surface area (Å²) in [5.41, 5.74) is 0.303. The summed E-state index contributed by atoms with van der Waals surface area (Å²) in [4.78, 5) is 25.3. The highest BCUT2D eigenvalue weighted by molar-refractivity contribution is 9.09. The molecule has 0 aliphatic rings. The Morgan fingerprint density at radius 2 is 2.24 bits per heavy atom. The second-order valence-corrected chi connectivity index (χ2v) is 4.58. The second-order valence-electron chi connectivity index (χ2n) is 3.79. The van der Waals surface area contributed by atoms with Crippen LogP contribution in [0.3, 0.4) is 0 Å². The Kier molecular flexibility index (Phi) is 5.41. The van der Waals surface area contributed by atoms with Crippen LogP contribution in [0.15, 0.2) is 23.1 Å². The second kappa shape index (κ2) is 6.59. The first kappa shape index (κ1) is 14.0. The number of hydrogen-bond acceptors (Lipinski definition) is 2. The molecule has 1 aromatic rings. The van der Waals surface area contributed by atoms with Crippen molar-refractivity contribution >= 4 is 21.8 Å². The van der Waals surface area contributed by atoms with Crippen molar-refractivity contribution in [3.05, 3.63) is 34.2 Å². The van der Waals surface area contributed by atoms with Crippen LogP contribution in [0.4, 0.5) is 0 Å². The van der Waals surface area contributed by atoms with Gasteiger partial charge in [0.1, 0.15) is 0 Å². The molecule has 0 fully saturated rings. The molecule has 0 N–H and O–H groups in total. The van der Waals surface area contributed by atoms with Gasteiger partial charge in [-0.25, -0.2) is 0 Å². The molecule has 0 bridgehead atoms. The summed E-state index contributed by atoms with van der Waals surface area (Å²) in [6.07, 6.45) is 2.53. The van der Waals surface area contributed by atoms with Crippen molar-refractivity contribution in [3.63, 3.8) is 0 Å². The molecule has 1 rings (SSSR count). The standard InChI is InChI=1S/C12H17BrN2O2/c1-3-15(7-4-6-13)12(17)10-5-8-14(2)11(16)9-10/h5,8-9H,3-4,6-7H2,1-2H3. The molecule has 0 saturated carbocycles. The van der Waals surface area contributed by atoms with Gasteiger partial charge in [-0.2, -0.15) is 0 Å². The van der Waals surface area contributed by atoms with E-state index < -0.39 is 0 Å². The number of nitrogens with zero attached hydrogens (tertiary/aromatic N) is 2. The molecule has 0 saturated heterocycles. The highest BCUT2D eigenvalue weighted by atomic mass is 79.9. The summed E-state index contributed by atoms with van der Waals surface area (Å²) in [5.74, 6) is -0.0776. The lowest BCUT2D eigenvalue weighted by Gasteiger charge is -2.20. The first-order valence-corrected chi connectivity index (χ1v) is 6.74. The summed E-state index contributed by atoms with van der Waals surface area (Å²) in [6.45, 7) is 3.30. The maximum atomic E-state index is 12.1. The van der Waals surface area contributed by atoms with E-state index in [4.69, 9.17) is 0 Å². The van der Waals surface area contributed by atoms with Crippen molar-refractivity contribution < 1.29 is 4.79 Å². The Balaban J connectivity index is 2.86. The fraction of sp³-hybridized carbons (Fsp3) is 0.500. The number of hydrogen-bond donors (Lipinski definition) is 0. The predicted molar refractivity (Wildman–Crippen MR) is 71.7 cm³/mol. The fourth-order valence-electron chi connectivity index (χ4n) is 1.52. The molecule has 4 nitrogen and oxygen atoms in total. The van der Waals surface area contributed by atoms with Crippen LogP contribution in [0.25, 0.3) is 0 Å². The van der Waals surface area contributed by atoms with Crippen LogP contribution < -0.4 is 5.56 Å². The van der Waals surface area contributed by atoms with Gasteiger partial charge < -0.3 is 9.47 Å². The summed E-state index contributed by atoms with van der Waals surface area (Å²) < 4.78 is 1.45. The normalized spacial score (nSPS) is 10.3. The van der Waals surface area contributed by atoms with Crippen LogP contribution in [0, 0.1) is 0 Å². The van der Waals surface area contributed by atoms with E-state index in [9.17, 15) is 9.59 Å². The van der Waals surface area contributed by atoms with Gasteiger partial charge in [-0.1, -0.05) is 15.9 Å². The van der Waals surface area contributed by atoms with Crippen molar-refractivity contribution in [1.29, 1.82) is 0 Å². The van der Waals surface area contributed by atoms with E-state index >= 15 is 0 Å². The van der Waals surface area contributed by atoms with E-state index in [2.05, 4.69) is 15.9 Å². The van der Waals surface area contributed by atoms with Crippen LogP contribution in [0.5, 0.6) is 0 Å². The van der Waals surface area contributed by atoms with Crippen LogP contribution in [0.1, 0.15) is 23.7 Å². The van der Waals surface area contributed by atoms with E-state index in [-0.39, 0.29) is 11.5 Å². The number of carbonyl (C=O) groups excluding carboxylic acids is 1. The Labute approximate surface area is 109 Å². The molecule has 0 atom stereocenters. The number of rotatable bonds is 5. The first-order chi connectivity index (χ1) is 8.10. The Bertz CT molecular complexity index is 442. The number of alkyl halides is 1. The van der Waals surface area contributed by atoms with Gasteiger partial charge in [-0.3, -0.25) is 9.59 Å². The number of aryl methyl sites for hydroxylation is 1. The van der Waals surface area contributed by atoms with Gasteiger partial charge in [0.05, 0.1) is 0 Å². The van der Waals surface area contributed by atoms with Crippen molar-refractivity contribution in [2.24, 2.45) is 7.05 Å². The molecule has 1 amide bonds. The number of amides is 1. The highest BCUT2D eigenvalue weighted by Gasteiger charge is 2.14. The molecule has 0 aromatic carbocycles. The Hall–Kier alpha value is -1.10. The van der Waals surface area contributed by atoms with Crippen molar-refractivity contribution in [1.82, 2.24) is 9.47 Å². The van der Waals surface area contributed by atoms with Gasteiger partial charge in [0.25, 0.3) is 11.5 Å². The molecule has 1 heterocycles. The van der Waals surface area contributed by atoms with Crippen LogP contribution in [-0.2, 0) is 7.05 Å². The topological polar surface area (TPSA) is 42.3 Å². The van der Waals surface area contributed by atoms with E-state index in [1.807, 2.05) is 6.92 Å². The minimum atomic E-state index is -0.160. The van der Waals surface area contributed by atoms with Gasteiger partial charge in [0, 0.05) is 43.3 Å². The van der Waals surface area contributed by atoms with Crippen molar-refractivity contribution in [3.8, 4) is 0 Å². The molecule has 5 heteroatoms. The molecular weight excluding hydrogens is 284 g/mol. The third-order valence-electron chi connectivity index (χ3n) is 2.58. The lowest BCUT2D eigenvalue weighted by molar-refractivity contribution is 0.0764. The molecule has 1 aromatic heterocycles. The van der Waals surface area contributed by atoms with E-state index in [0.717, 1.165) is 11.8 Å². The molecule has 0 radical (unpaired) electrons. The maximum Gasteiger partial charge on any atom is 0.254 e. The minimum absolute atomic E-state index is 0.0776. The number of aromatic nitrogens is 1. The van der Waals surface area contributed by atoms with Crippen LogP contribution >= 0.6 is 15.9 Å². The third-order valence-corrected chi connectivity index (χ3v) is 3.14. The molecule has 0 unspecified atom stereocenters. The zero-order valence-corrected chi connectivity index (χ0v) is 11.7. The molecule has 0 aliphatic heterocycles. The van der Waals surface area contributed by atoms with Gasteiger partial charge in [-0.05, 0) is 19.4 Å². The van der Waals surface area contributed by atoms with Crippen LogP contribution in [0.2, 0.25) is 0 Å². The number of pyridine rings is 1. The maximum absolute atomic E-state index is 12.1. The predicted octanol–water partition coefficient (Wildman–Crippen LogP) is 1.63. The van der Waals surface area contributed by atoms with Gasteiger partial charge in [0.15, 0.2) is 0 Å². The third kappa shape index (κ3) is 3.70. The van der Waals surface area contributed by atoms with Crippen molar-refractivity contribution in [2.75, 3.05) is 18.4 Å². The average Bonchev–Trinajstić information content (AvgIpc) is 2.33. The van der Waals surface area contributed by atoms with Crippen LogP contribution in [-0.4, -0.2) is 33.8 Å². The SMILES string of the molecule is CCN(CCCBr)C(=O)c1ccn(C)c(=O)c1. The van der Waals surface area contributed by atoms with Gasteiger partial charge in [0.2, 0.25) is 0 Å². The molecule has 94 valence electrons.